The van der Waals surface area contributed by atoms with Gasteiger partial charge in [-0.3, -0.25) is 29.5 Å². The summed E-state index contributed by atoms with van der Waals surface area (Å²) >= 11 is 14.3. The molecule has 1 saturated carbocycles. The number of aromatic hydroxyl groups is 1. The smallest absolute Gasteiger partial charge is 0.260 e. The van der Waals surface area contributed by atoms with E-state index in [1.165, 1.54) is 22.3 Å². The molecule has 9 rings (SSSR count). The molecular formula is C42H33Cl2N3O6S. The summed E-state index contributed by atoms with van der Waals surface area (Å²) in [4.78, 5) is 61.4. The van der Waals surface area contributed by atoms with Crippen molar-refractivity contribution in [2.24, 2.45) is 23.7 Å². The van der Waals surface area contributed by atoms with Gasteiger partial charge in [-0.1, -0.05) is 83.4 Å². The van der Waals surface area contributed by atoms with E-state index in [-0.39, 0.29) is 35.6 Å². The molecule has 4 aliphatic rings. The first-order valence-electron chi connectivity index (χ1n) is 17.7. The van der Waals surface area contributed by atoms with Crippen molar-refractivity contribution >= 4 is 74.6 Å². The Kier molecular flexibility index (Phi) is 8.33. The summed E-state index contributed by atoms with van der Waals surface area (Å²) in [5.74, 6) is -4.39. The number of benzene rings is 4. The van der Waals surface area contributed by atoms with Gasteiger partial charge in [0.1, 0.15) is 11.5 Å². The van der Waals surface area contributed by atoms with Crippen molar-refractivity contribution in [3.63, 3.8) is 0 Å². The number of hydrogen-bond acceptors (Lipinski definition) is 8. The van der Waals surface area contributed by atoms with Gasteiger partial charge >= 0.3 is 0 Å². The van der Waals surface area contributed by atoms with E-state index in [4.69, 9.17) is 27.9 Å². The van der Waals surface area contributed by atoms with Crippen LogP contribution in [-0.2, 0) is 31.1 Å². The third-order valence-corrected chi connectivity index (χ3v) is 13.2. The summed E-state index contributed by atoms with van der Waals surface area (Å²) in [5.41, 5.74) is 3.97. The van der Waals surface area contributed by atoms with E-state index in [0.717, 1.165) is 21.0 Å². The van der Waals surface area contributed by atoms with Crippen LogP contribution in [0.1, 0.15) is 34.8 Å². The first kappa shape index (κ1) is 34.6. The van der Waals surface area contributed by atoms with Gasteiger partial charge in [0.2, 0.25) is 11.8 Å². The van der Waals surface area contributed by atoms with Crippen LogP contribution in [0.25, 0.3) is 10.8 Å². The molecule has 9 nitrogen and oxygen atoms in total. The minimum atomic E-state index is -1.52. The van der Waals surface area contributed by atoms with Crippen molar-refractivity contribution in [1.82, 2.24) is 9.91 Å². The second-order valence-electron chi connectivity index (χ2n) is 14.3. The molecule has 272 valence electrons. The number of halogens is 2. The fraction of sp³-hybridized carbons (Fsp3) is 0.238. The maximum absolute atomic E-state index is 15.6. The molecule has 3 heterocycles. The van der Waals surface area contributed by atoms with E-state index in [0.29, 0.717) is 39.2 Å². The third-order valence-electron chi connectivity index (χ3n) is 11.8. The van der Waals surface area contributed by atoms with Crippen LogP contribution in [0.15, 0.2) is 108 Å². The van der Waals surface area contributed by atoms with Crippen LogP contribution in [0.3, 0.4) is 0 Å². The molecule has 4 aromatic carbocycles. The fourth-order valence-electron chi connectivity index (χ4n) is 9.53. The average molecular weight is 779 g/mol. The molecule has 0 radical (unpaired) electrons. The number of ether oxygens (including phenoxy) is 1. The highest BCUT2D eigenvalue weighted by molar-refractivity contribution is 7.09. The lowest BCUT2D eigenvalue weighted by Gasteiger charge is -2.51. The predicted molar refractivity (Wildman–Crippen MR) is 206 cm³/mol. The minimum absolute atomic E-state index is 0.0738. The molecule has 1 aromatic heterocycles. The Morgan fingerprint density at radius 1 is 0.889 bits per heavy atom. The van der Waals surface area contributed by atoms with Crippen molar-refractivity contribution in [2.75, 3.05) is 12.5 Å². The Hall–Kier alpha value is -5.16. The Balaban J connectivity index is 1.27. The lowest BCUT2D eigenvalue weighted by Crippen LogP contribution is -2.53. The molecule has 2 aliphatic carbocycles. The molecule has 6 atom stereocenters. The van der Waals surface area contributed by atoms with Crippen LogP contribution in [0, 0.1) is 23.7 Å². The number of nitrogens with one attached hydrogen (secondary N) is 1. The number of phenols is 1. The van der Waals surface area contributed by atoms with Gasteiger partial charge in [-0.25, -0.2) is 0 Å². The Labute approximate surface area is 324 Å². The van der Waals surface area contributed by atoms with Gasteiger partial charge in [0.15, 0.2) is 0 Å². The SMILES string of the molecule is COc1ccc(C23C(=O)N(Nc4ccc(Cl)cc4Cl)C(=O)C2CC2C(=CCC4C(=O)N(Cc5cccs5)C(=O)C42)C3c2ccc(O)c3ccccc23)cc1. The summed E-state index contributed by atoms with van der Waals surface area (Å²) in [6.07, 6.45) is 2.49. The van der Waals surface area contributed by atoms with Gasteiger partial charge in [0.25, 0.3) is 11.8 Å². The summed E-state index contributed by atoms with van der Waals surface area (Å²) < 4.78 is 5.51. The molecule has 54 heavy (non-hydrogen) atoms. The van der Waals surface area contributed by atoms with E-state index < -0.39 is 46.8 Å². The maximum atomic E-state index is 15.6. The number of hydrogen-bond donors (Lipinski definition) is 2. The van der Waals surface area contributed by atoms with E-state index in [2.05, 4.69) is 5.43 Å². The summed E-state index contributed by atoms with van der Waals surface area (Å²) in [7, 11) is 1.56. The number of allylic oxidation sites excluding steroid dienone is 2. The normalized spacial score (nSPS) is 26.1. The van der Waals surface area contributed by atoms with Gasteiger partial charge in [0.05, 0.1) is 47.5 Å². The van der Waals surface area contributed by atoms with E-state index in [1.54, 1.807) is 37.4 Å². The number of imide groups is 2. The van der Waals surface area contributed by atoms with Crippen molar-refractivity contribution < 1.29 is 29.0 Å². The number of rotatable bonds is 7. The van der Waals surface area contributed by atoms with Gasteiger partial charge in [-0.15, -0.1) is 11.3 Å². The molecule has 12 heteroatoms. The number of amides is 4. The number of anilines is 1. The Morgan fingerprint density at radius 2 is 1.67 bits per heavy atom. The van der Waals surface area contributed by atoms with Crippen molar-refractivity contribution in [2.45, 2.75) is 30.7 Å². The van der Waals surface area contributed by atoms with Crippen LogP contribution in [0.2, 0.25) is 10.0 Å². The fourth-order valence-corrected chi connectivity index (χ4v) is 10.7. The number of carbonyl (C=O) groups is 4. The zero-order valence-electron chi connectivity index (χ0n) is 28.9. The molecule has 0 bridgehead atoms. The topological polar surface area (TPSA) is 116 Å². The average Bonchev–Trinajstić information content (AvgIpc) is 3.84. The van der Waals surface area contributed by atoms with E-state index in [9.17, 15) is 14.7 Å². The maximum Gasteiger partial charge on any atom is 0.260 e. The highest BCUT2D eigenvalue weighted by atomic mass is 35.5. The lowest BCUT2D eigenvalue weighted by molar-refractivity contribution is -0.141. The Bertz CT molecular complexity index is 2420. The number of carbonyl (C=O) groups excluding carboxylic acids is 4. The molecule has 3 fully saturated rings. The van der Waals surface area contributed by atoms with Crippen molar-refractivity contribution in [3.05, 3.63) is 134 Å². The number of hydrazine groups is 1. The second kappa shape index (κ2) is 13.0. The number of thiophene rings is 1. The lowest BCUT2D eigenvalue weighted by atomic mass is 9.49. The molecule has 0 spiro atoms. The zero-order valence-corrected chi connectivity index (χ0v) is 31.2. The first-order chi connectivity index (χ1) is 26.1. The summed E-state index contributed by atoms with van der Waals surface area (Å²) in [6, 6.07) is 26.6. The molecule has 6 unspecified atom stereocenters. The molecular weight excluding hydrogens is 745 g/mol. The predicted octanol–water partition coefficient (Wildman–Crippen LogP) is 8.11. The molecule has 5 aromatic rings. The number of likely N-dealkylation sites (tertiary alicyclic amines) is 1. The molecule has 2 N–H and O–H groups in total. The Morgan fingerprint density at radius 3 is 2.39 bits per heavy atom. The van der Waals surface area contributed by atoms with Gasteiger partial charge in [0, 0.05) is 21.2 Å². The summed E-state index contributed by atoms with van der Waals surface area (Å²) in [6.45, 7) is 0.187. The van der Waals surface area contributed by atoms with E-state index >= 15 is 9.59 Å². The molecule has 4 amide bonds. The number of methoxy groups -OCH3 is 1. The number of fused-ring (bicyclic) bond motifs is 5. The van der Waals surface area contributed by atoms with Gasteiger partial charge in [-0.05, 0) is 83.1 Å². The highest BCUT2D eigenvalue weighted by Crippen LogP contribution is 2.65. The quantitative estimate of drug-likeness (QED) is 0.127. The monoisotopic (exact) mass is 777 g/mol. The van der Waals surface area contributed by atoms with Crippen LogP contribution in [-0.4, -0.2) is 45.8 Å². The van der Waals surface area contributed by atoms with Gasteiger partial charge < -0.3 is 9.84 Å². The highest BCUT2D eigenvalue weighted by Gasteiger charge is 2.70. The van der Waals surface area contributed by atoms with Crippen LogP contribution < -0.4 is 10.2 Å². The number of phenolic OH excluding ortho intramolecular Hbond substituents is 1. The van der Waals surface area contributed by atoms with E-state index in [1.807, 2.05) is 66.1 Å². The molecule has 2 saturated heterocycles. The largest absolute Gasteiger partial charge is 0.507 e. The summed E-state index contributed by atoms with van der Waals surface area (Å²) in [5, 5.41) is 15.9. The van der Waals surface area contributed by atoms with Crippen molar-refractivity contribution in [3.8, 4) is 11.5 Å². The van der Waals surface area contributed by atoms with Crippen LogP contribution in [0.4, 0.5) is 5.69 Å². The van der Waals surface area contributed by atoms with Crippen LogP contribution in [0.5, 0.6) is 11.5 Å². The second-order valence-corrected chi connectivity index (χ2v) is 16.1. The number of nitrogens with zero attached hydrogens (tertiary/aromatic N) is 2. The van der Waals surface area contributed by atoms with Crippen LogP contribution >= 0.6 is 34.5 Å². The van der Waals surface area contributed by atoms with Gasteiger partial charge in [-0.2, -0.15) is 5.01 Å². The minimum Gasteiger partial charge on any atom is -0.507 e. The first-order valence-corrected chi connectivity index (χ1v) is 19.3. The zero-order chi connectivity index (χ0) is 37.5. The standard InChI is InChI=1S/C42H33Cl2N3O6S/c1-53-24-11-8-22(9-12-24)42-32(39(50)47(41(42)52)45-34-16-10-23(43)19-33(34)44)20-31-29(37(42)28-15-17-35(48)27-7-3-2-6-26(27)28)13-14-30-36(31)40(51)46(38(30)49)21-25-5-4-18-54-25/h2-13,15-19,30-32,36-37,45,48H,14,20-21H2,1H3. The molecule has 2 aliphatic heterocycles. The third kappa shape index (κ3) is 5.03. The van der Waals surface area contributed by atoms with Crippen molar-refractivity contribution in [1.29, 1.82) is 0 Å².